The van der Waals surface area contributed by atoms with Crippen molar-refractivity contribution in [1.82, 2.24) is 0 Å². The van der Waals surface area contributed by atoms with Gasteiger partial charge in [0.15, 0.2) is 0 Å². The summed E-state index contributed by atoms with van der Waals surface area (Å²) < 4.78 is 42.0. The van der Waals surface area contributed by atoms with Crippen LogP contribution in [0.1, 0.15) is 19.8 Å². The van der Waals surface area contributed by atoms with Crippen molar-refractivity contribution in [3.05, 3.63) is 0 Å². The van der Waals surface area contributed by atoms with Crippen LogP contribution in [0.5, 0.6) is 0 Å². The molecule has 78 valence electrons. The van der Waals surface area contributed by atoms with E-state index in [2.05, 4.69) is 0 Å². The molecule has 1 unspecified atom stereocenters. The summed E-state index contributed by atoms with van der Waals surface area (Å²) in [6.45, 7) is 1.69. The highest BCUT2D eigenvalue weighted by atomic mass is 19.4. The molecule has 0 amide bonds. The van der Waals surface area contributed by atoms with Crippen LogP contribution in [-0.2, 0) is 4.74 Å². The summed E-state index contributed by atoms with van der Waals surface area (Å²) in [6.07, 6.45) is -4.04. The van der Waals surface area contributed by atoms with E-state index in [-0.39, 0.29) is 32.1 Å². The summed E-state index contributed by atoms with van der Waals surface area (Å²) in [6, 6.07) is 0. The molecule has 0 heterocycles. The fourth-order valence-corrected chi connectivity index (χ4v) is 1.03. The van der Waals surface area contributed by atoms with Gasteiger partial charge in [0.1, 0.15) is 0 Å². The van der Waals surface area contributed by atoms with E-state index in [0.29, 0.717) is 0 Å². The molecule has 1 saturated carbocycles. The van der Waals surface area contributed by atoms with Gasteiger partial charge in [0.05, 0.1) is 18.1 Å². The molecular weight excluding hydrogens is 183 g/mol. The molecule has 5 heteroatoms. The zero-order valence-corrected chi connectivity index (χ0v) is 7.53. The maximum Gasteiger partial charge on any atom is 0.396 e. The lowest BCUT2D eigenvalue weighted by Crippen LogP contribution is -2.32. The lowest BCUT2D eigenvalue weighted by molar-refractivity contribution is -0.204. The van der Waals surface area contributed by atoms with Crippen LogP contribution in [-0.4, -0.2) is 25.4 Å². The van der Waals surface area contributed by atoms with E-state index in [1.54, 1.807) is 6.92 Å². The first kappa shape index (κ1) is 10.8. The molecule has 0 aromatic carbocycles. The molecule has 1 aliphatic rings. The van der Waals surface area contributed by atoms with Gasteiger partial charge in [-0.1, -0.05) is 0 Å². The van der Waals surface area contributed by atoms with Crippen molar-refractivity contribution >= 4 is 0 Å². The highest BCUT2D eigenvalue weighted by Crippen LogP contribution is 2.57. The number of alkyl halides is 3. The number of hydrogen-bond donors (Lipinski definition) is 1. The SMILES string of the molecule is CC(CN)OCC1(C(F)(F)F)CC1. The van der Waals surface area contributed by atoms with E-state index < -0.39 is 11.6 Å². The Morgan fingerprint density at radius 2 is 2.00 bits per heavy atom. The topological polar surface area (TPSA) is 35.2 Å². The standard InChI is InChI=1S/C8H14F3NO/c1-6(4-12)13-5-7(2-3-7)8(9,10)11/h6H,2-5,12H2,1H3. The second-order valence-corrected chi connectivity index (χ2v) is 3.64. The van der Waals surface area contributed by atoms with Crippen LogP contribution >= 0.6 is 0 Å². The van der Waals surface area contributed by atoms with Crippen LogP contribution in [0.3, 0.4) is 0 Å². The van der Waals surface area contributed by atoms with Crippen molar-refractivity contribution in [2.45, 2.75) is 32.0 Å². The van der Waals surface area contributed by atoms with Crippen molar-refractivity contribution in [2.75, 3.05) is 13.2 Å². The molecule has 0 saturated heterocycles. The van der Waals surface area contributed by atoms with E-state index in [9.17, 15) is 13.2 Å². The maximum atomic E-state index is 12.3. The number of ether oxygens (including phenoxy) is 1. The Kier molecular flexibility index (Phi) is 2.87. The highest BCUT2D eigenvalue weighted by molar-refractivity contribution is 4.99. The normalized spacial score (nSPS) is 22.8. The largest absolute Gasteiger partial charge is 0.396 e. The van der Waals surface area contributed by atoms with Gasteiger partial charge in [-0.2, -0.15) is 13.2 Å². The molecule has 0 aromatic heterocycles. The van der Waals surface area contributed by atoms with Crippen LogP contribution in [0.25, 0.3) is 0 Å². The van der Waals surface area contributed by atoms with Crippen molar-refractivity contribution in [1.29, 1.82) is 0 Å². The Bertz CT molecular complexity index is 177. The maximum absolute atomic E-state index is 12.3. The summed E-state index contributed by atoms with van der Waals surface area (Å²) in [5, 5.41) is 0. The number of nitrogens with two attached hydrogens (primary N) is 1. The summed E-state index contributed by atoms with van der Waals surface area (Å²) >= 11 is 0. The molecule has 1 aliphatic carbocycles. The second-order valence-electron chi connectivity index (χ2n) is 3.64. The van der Waals surface area contributed by atoms with Crippen LogP contribution in [0.2, 0.25) is 0 Å². The van der Waals surface area contributed by atoms with E-state index in [1.165, 1.54) is 0 Å². The zero-order valence-electron chi connectivity index (χ0n) is 7.53. The van der Waals surface area contributed by atoms with Gasteiger partial charge in [-0.25, -0.2) is 0 Å². The van der Waals surface area contributed by atoms with Crippen LogP contribution in [0.4, 0.5) is 13.2 Å². The monoisotopic (exact) mass is 197 g/mol. The Morgan fingerprint density at radius 1 is 1.46 bits per heavy atom. The van der Waals surface area contributed by atoms with Gasteiger partial charge in [-0.3, -0.25) is 0 Å². The predicted molar refractivity (Wildman–Crippen MR) is 42.2 cm³/mol. The average Bonchev–Trinajstić information content (AvgIpc) is 2.79. The second kappa shape index (κ2) is 3.46. The quantitative estimate of drug-likeness (QED) is 0.744. The molecule has 0 aromatic rings. The summed E-state index contributed by atoms with van der Waals surface area (Å²) in [4.78, 5) is 0. The van der Waals surface area contributed by atoms with Crippen molar-refractivity contribution < 1.29 is 17.9 Å². The van der Waals surface area contributed by atoms with Crippen LogP contribution in [0, 0.1) is 5.41 Å². The molecule has 0 aliphatic heterocycles. The molecule has 2 N–H and O–H groups in total. The fourth-order valence-electron chi connectivity index (χ4n) is 1.03. The van der Waals surface area contributed by atoms with Gasteiger partial charge in [-0.05, 0) is 19.8 Å². The average molecular weight is 197 g/mol. The third-order valence-electron chi connectivity index (χ3n) is 2.43. The molecule has 1 fully saturated rings. The Morgan fingerprint density at radius 3 is 2.31 bits per heavy atom. The number of halogens is 3. The fraction of sp³-hybridized carbons (Fsp3) is 1.00. The van der Waals surface area contributed by atoms with Gasteiger partial charge >= 0.3 is 6.18 Å². The smallest absolute Gasteiger partial charge is 0.376 e. The third-order valence-corrected chi connectivity index (χ3v) is 2.43. The lowest BCUT2D eigenvalue weighted by Gasteiger charge is -2.21. The summed E-state index contributed by atoms with van der Waals surface area (Å²) in [7, 11) is 0. The molecule has 0 spiro atoms. The van der Waals surface area contributed by atoms with Gasteiger partial charge in [0.25, 0.3) is 0 Å². The van der Waals surface area contributed by atoms with Gasteiger partial charge in [-0.15, -0.1) is 0 Å². The molecule has 2 nitrogen and oxygen atoms in total. The predicted octanol–water partition coefficient (Wildman–Crippen LogP) is 1.69. The van der Waals surface area contributed by atoms with Gasteiger partial charge in [0, 0.05) is 6.54 Å². The summed E-state index contributed by atoms with van der Waals surface area (Å²) in [5.74, 6) is 0. The zero-order chi connectivity index (χ0) is 10.1. The van der Waals surface area contributed by atoms with E-state index in [0.717, 1.165) is 0 Å². The highest BCUT2D eigenvalue weighted by Gasteiger charge is 2.63. The first-order valence-corrected chi connectivity index (χ1v) is 4.30. The molecular formula is C8H14F3NO. The molecule has 1 atom stereocenters. The number of hydrogen-bond acceptors (Lipinski definition) is 2. The van der Waals surface area contributed by atoms with E-state index in [1.807, 2.05) is 0 Å². The Labute approximate surface area is 75.2 Å². The number of rotatable bonds is 4. The molecule has 0 radical (unpaired) electrons. The molecule has 1 rings (SSSR count). The first-order chi connectivity index (χ1) is 5.91. The van der Waals surface area contributed by atoms with E-state index >= 15 is 0 Å². The lowest BCUT2D eigenvalue weighted by atomic mass is 10.1. The van der Waals surface area contributed by atoms with Crippen molar-refractivity contribution in [3.8, 4) is 0 Å². The van der Waals surface area contributed by atoms with Crippen LogP contribution < -0.4 is 5.73 Å². The van der Waals surface area contributed by atoms with Crippen molar-refractivity contribution in [2.24, 2.45) is 11.1 Å². The molecule has 13 heavy (non-hydrogen) atoms. The minimum atomic E-state index is -4.12. The van der Waals surface area contributed by atoms with Gasteiger partial charge < -0.3 is 10.5 Å². The van der Waals surface area contributed by atoms with Crippen LogP contribution in [0.15, 0.2) is 0 Å². The third kappa shape index (κ3) is 2.34. The van der Waals surface area contributed by atoms with Gasteiger partial charge in [0.2, 0.25) is 0 Å². The minimum Gasteiger partial charge on any atom is -0.376 e. The van der Waals surface area contributed by atoms with Crippen molar-refractivity contribution in [3.63, 3.8) is 0 Å². The summed E-state index contributed by atoms with van der Waals surface area (Å²) in [5.41, 5.74) is 3.67. The Balaban J connectivity index is 2.36. The Hall–Kier alpha value is -0.290. The molecule has 0 bridgehead atoms. The first-order valence-electron chi connectivity index (χ1n) is 4.30. The van der Waals surface area contributed by atoms with E-state index in [4.69, 9.17) is 10.5 Å². The minimum absolute atomic E-state index is 0.188.